The molecule has 0 spiro atoms. The van der Waals surface area contributed by atoms with E-state index in [-0.39, 0.29) is 12.0 Å². The maximum Gasteiger partial charge on any atom is 0.240 e. The standard InChI is InChI=1S/C14H24N4O2S/c1-3-12-9-17(5-6-18(12)8-11(2)19)10-13(20)16-14-15-4-7-21-14/h4,7,11-12,19H,3,5-6,8-10H2,1-2H3,(H,15,16,20)/t11-,12+/m1/s1. The van der Waals surface area contributed by atoms with Crippen molar-refractivity contribution in [2.24, 2.45) is 0 Å². The van der Waals surface area contributed by atoms with Gasteiger partial charge in [-0.2, -0.15) is 0 Å². The highest BCUT2D eigenvalue weighted by Crippen LogP contribution is 2.14. The second-order valence-corrected chi connectivity index (χ2v) is 6.42. The Labute approximate surface area is 129 Å². The number of β-amino-alcohol motifs (C(OH)–C–C–N with tert-alkyl or cyclic N) is 1. The van der Waals surface area contributed by atoms with E-state index in [0.29, 0.717) is 24.3 Å². The summed E-state index contributed by atoms with van der Waals surface area (Å²) >= 11 is 1.43. The maximum absolute atomic E-state index is 12.0. The highest BCUT2D eigenvalue weighted by atomic mass is 32.1. The molecule has 2 rings (SSSR count). The Hall–Kier alpha value is -1.02. The lowest BCUT2D eigenvalue weighted by molar-refractivity contribution is -0.118. The van der Waals surface area contributed by atoms with Crippen LogP contribution in [0, 0.1) is 0 Å². The molecule has 0 bridgehead atoms. The molecule has 1 aliphatic rings. The molecule has 21 heavy (non-hydrogen) atoms. The van der Waals surface area contributed by atoms with Crippen LogP contribution in [0.3, 0.4) is 0 Å². The van der Waals surface area contributed by atoms with Crippen LogP contribution >= 0.6 is 11.3 Å². The van der Waals surface area contributed by atoms with Gasteiger partial charge in [-0.15, -0.1) is 11.3 Å². The Morgan fingerprint density at radius 3 is 3.05 bits per heavy atom. The summed E-state index contributed by atoms with van der Waals surface area (Å²) in [4.78, 5) is 20.5. The van der Waals surface area contributed by atoms with Gasteiger partial charge in [0.05, 0.1) is 12.6 Å². The smallest absolute Gasteiger partial charge is 0.240 e. The zero-order valence-electron chi connectivity index (χ0n) is 12.7. The number of piperazine rings is 1. The molecule has 1 saturated heterocycles. The first kappa shape index (κ1) is 16.4. The summed E-state index contributed by atoms with van der Waals surface area (Å²) in [6.07, 6.45) is 2.40. The molecule has 1 amide bonds. The topological polar surface area (TPSA) is 68.7 Å². The van der Waals surface area contributed by atoms with E-state index in [1.54, 1.807) is 6.20 Å². The molecule has 7 heteroatoms. The third-order valence-electron chi connectivity index (χ3n) is 3.70. The van der Waals surface area contributed by atoms with Gasteiger partial charge in [0.1, 0.15) is 0 Å². The van der Waals surface area contributed by atoms with Gasteiger partial charge in [-0.05, 0) is 13.3 Å². The molecule has 6 nitrogen and oxygen atoms in total. The third kappa shape index (κ3) is 5.03. The van der Waals surface area contributed by atoms with Crippen molar-refractivity contribution in [3.05, 3.63) is 11.6 Å². The fourth-order valence-electron chi connectivity index (χ4n) is 2.71. The fraction of sp³-hybridized carbons (Fsp3) is 0.714. The predicted molar refractivity (Wildman–Crippen MR) is 84.5 cm³/mol. The van der Waals surface area contributed by atoms with Gasteiger partial charge in [-0.3, -0.25) is 14.6 Å². The van der Waals surface area contributed by atoms with Gasteiger partial charge in [0.25, 0.3) is 0 Å². The van der Waals surface area contributed by atoms with Crippen LogP contribution in [-0.4, -0.2) is 70.7 Å². The number of hydrogen-bond acceptors (Lipinski definition) is 6. The molecule has 118 valence electrons. The summed E-state index contributed by atoms with van der Waals surface area (Å²) in [7, 11) is 0. The van der Waals surface area contributed by atoms with Crippen molar-refractivity contribution < 1.29 is 9.90 Å². The number of anilines is 1. The number of carbonyl (C=O) groups is 1. The second-order valence-electron chi connectivity index (χ2n) is 5.53. The lowest BCUT2D eigenvalue weighted by Gasteiger charge is -2.41. The minimum Gasteiger partial charge on any atom is -0.392 e. The second kappa shape index (κ2) is 7.84. The minimum absolute atomic E-state index is 0.0104. The maximum atomic E-state index is 12.0. The number of carbonyl (C=O) groups excluding carboxylic acids is 1. The number of amides is 1. The third-order valence-corrected chi connectivity index (χ3v) is 4.39. The van der Waals surface area contributed by atoms with Gasteiger partial charge in [-0.25, -0.2) is 4.98 Å². The Kier molecular flexibility index (Phi) is 6.10. The number of hydrogen-bond donors (Lipinski definition) is 2. The summed E-state index contributed by atoms with van der Waals surface area (Å²) < 4.78 is 0. The summed E-state index contributed by atoms with van der Waals surface area (Å²) in [6.45, 7) is 7.70. The average molecular weight is 312 g/mol. The molecule has 2 atom stereocenters. The highest BCUT2D eigenvalue weighted by Gasteiger charge is 2.27. The first-order chi connectivity index (χ1) is 10.1. The van der Waals surface area contributed by atoms with E-state index in [4.69, 9.17) is 0 Å². The number of aliphatic hydroxyl groups excluding tert-OH is 1. The Morgan fingerprint density at radius 1 is 1.62 bits per heavy atom. The minimum atomic E-state index is -0.307. The molecule has 1 fully saturated rings. The van der Waals surface area contributed by atoms with Crippen molar-refractivity contribution in [3.63, 3.8) is 0 Å². The molecular formula is C14H24N4O2S. The van der Waals surface area contributed by atoms with Gasteiger partial charge in [0.15, 0.2) is 5.13 Å². The van der Waals surface area contributed by atoms with Crippen molar-refractivity contribution in [1.29, 1.82) is 0 Å². The molecule has 1 aromatic heterocycles. The SMILES string of the molecule is CC[C@H]1CN(CC(=O)Nc2nccs2)CCN1C[C@@H](C)O. The number of nitrogens with zero attached hydrogens (tertiary/aromatic N) is 3. The molecule has 1 aliphatic heterocycles. The Bertz CT molecular complexity index is 438. The van der Waals surface area contributed by atoms with Crippen LogP contribution in [0.25, 0.3) is 0 Å². The largest absolute Gasteiger partial charge is 0.392 e. The van der Waals surface area contributed by atoms with Crippen LogP contribution in [-0.2, 0) is 4.79 Å². The van der Waals surface area contributed by atoms with E-state index in [9.17, 15) is 9.90 Å². The molecule has 0 radical (unpaired) electrons. The highest BCUT2D eigenvalue weighted by molar-refractivity contribution is 7.13. The molecule has 0 aliphatic carbocycles. The normalized spacial score (nSPS) is 22.1. The summed E-state index contributed by atoms with van der Waals surface area (Å²) in [5.74, 6) is -0.0104. The first-order valence-electron chi connectivity index (χ1n) is 7.42. The van der Waals surface area contributed by atoms with E-state index < -0.39 is 0 Å². The van der Waals surface area contributed by atoms with Gasteiger partial charge >= 0.3 is 0 Å². The number of aromatic nitrogens is 1. The lowest BCUT2D eigenvalue weighted by Crippen LogP contribution is -2.55. The number of thiazole rings is 1. The van der Waals surface area contributed by atoms with Crippen molar-refractivity contribution in [1.82, 2.24) is 14.8 Å². The van der Waals surface area contributed by atoms with Gasteiger partial charge in [-0.1, -0.05) is 6.92 Å². The first-order valence-corrected chi connectivity index (χ1v) is 8.30. The van der Waals surface area contributed by atoms with Crippen LogP contribution in [0.2, 0.25) is 0 Å². The van der Waals surface area contributed by atoms with Crippen LogP contribution in [0.4, 0.5) is 5.13 Å². The van der Waals surface area contributed by atoms with Gasteiger partial charge in [0, 0.05) is 43.8 Å². The summed E-state index contributed by atoms with van der Waals surface area (Å²) in [5, 5.41) is 14.9. The number of rotatable bonds is 6. The number of aliphatic hydroxyl groups is 1. The summed E-state index contributed by atoms with van der Waals surface area (Å²) in [6, 6.07) is 0.404. The lowest BCUT2D eigenvalue weighted by atomic mass is 10.1. The van der Waals surface area contributed by atoms with E-state index in [1.807, 2.05) is 12.3 Å². The molecule has 0 saturated carbocycles. The van der Waals surface area contributed by atoms with Gasteiger partial charge in [0.2, 0.25) is 5.91 Å². The molecule has 2 heterocycles. The molecule has 1 aromatic rings. The van der Waals surface area contributed by atoms with Crippen LogP contribution in [0.15, 0.2) is 11.6 Å². The quantitative estimate of drug-likeness (QED) is 0.815. The molecular weight excluding hydrogens is 288 g/mol. The Morgan fingerprint density at radius 2 is 2.43 bits per heavy atom. The molecule has 2 N–H and O–H groups in total. The summed E-state index contributed by atoms with van der Waals surface area (Å²) in [5.41, 5.74) is 0. The van der Waals surface area contributed by atoms with Crippen LogP contribution < -0.4 is 5.32 Å². The van der Waals surface area contributed by atoms with Crippen molar-refractivity contribution in [2.45, 2.75) is 32.4 Å². The number of nitrogens with one attached hydrogen (secondary N) is 1. The Balaban J connectivity index is 1.81. The van der Waals surface area contributed by atoms with E-state index in [1.165, 1.54) is 11.3 Å². The zero-order valence-corrected chi connectivity index (χ0v) is 13.5. The molecule has 0 aromatic carbocycles. The van der Waals surface area contributed by atoms with Crippen molar-refractivity contribution in [2.75, 3.05) is 38.0 Å². The van der Waals surface area contributed by atoms with Crippen molar-refractivity contribution in [3.8, 4) is 0 Å². The van der Waals surface area contributed by atoms with Gasteiger partial charge < -0.3 is 10.4 Å². The van der Waals surface area contributed by atoms with E-state index in [2.05, 4.69) is 27.0 Å². The average Bonchev–Trinajstić information content (AvgIpc) is 2.92. The molecule has 0 unspecified atom stereocenters. The van der Waals surface area contributed by atoms with Crippen molar-refractivity contribution >= 4 is 22.4 Å². The monoisotopic (exact) mass is 312 g/mol. The van der Waals surface area contributed by atoms with Crippen LogP contribution in [0.1, 0.15) is 20.3 Å². The van der Waals surface area contributed by atoms with E-state index >= 15 is 0 Å². The predicted octanol–water partition coefficient (Wildman–Crippen LogP) is 0.859. The van der Waals surface area contributed by atoms with E-state index in [0.717, 1.165) is 26.1 Å². The van der Waals surface area contributed by atoms with Crippen LogP contribution in [0.5, 0.6) is 0 Å². The zero-order chi connectivity index (χ0) is 15.2. The fourth-order valence-corrected chi connectivity index (χ4v) is 3.26.